The molecule has 4 rings (SSSR count). The van der Waals surface area contributed by atoms with Crippen LogP contribution >= 0.6 is 0 Å². The van der Waals surface area contributed by atoms with Gasteiger partial charge in [-0.1, -0.05) is 12.1 Å². The molecule has 0 aliphatic carbocycles. The number of nitro benzene ring substituents is 1. The first-order valence-electron chi connectivity index (χ1n) is 8.49. The maximum Gasteiger partial charge on any atom is 0.319 e. The highest BCUT2D eigenvalue weighted by atomic mass is 16.6. The quantitative estimate of drug-likeness (QED) is 0.477. The SMILES string of the molecule is O=C1NC=C(C(=O)c2ccc3c(c2)OCCO3)C(c2ccccc2[N+](=O)[O-])N1. The number of nitrogens with one attached hydrogen (secondary N) is 2. The summed E-state index contributed by atoms with van der Waals surface area (Å²) in [4.78, 5) is 35.8. The number of rotatable bonds is 4. The highest BCUT2D eigenvalue weighted by Crippen LogP contribution is 2.35. The standard InChI is InChI=1S/C19H15N3O6/c23-18(11-5-6-15-16(9-11)28-8-7-27-15)13-10-20-19(24)21-17(13)12-3-1-2-4-14(12)22(25)26/h1-6,9-10,17H,7-8H2,(H2,20,21,24). The predicted molar refractivity (Wildman–Crippen MR) is 97.4 cm³/mol. The van der Waals surface area contributed by atoms with Gasteiger partial charge in [0.2, 0.25) is 0 Å². The monoisotopic (exact) mass is 381 g/mol. The van der Waals surface area contributed by atoms with Crippen molar-refractivity contribution in [1.29, 1.82) is 0 Å². The van der Waals surface area contributed by atoms with E-state index in [4.69, 9.17) is 9.47 Å². The summed E-state index contributed by atoms with van der Waals surface area (Å²) in [6.45, 7) is 0.810. The molecule has 0 saturated carbocycles. The normalized spacial score (nSPS) is 17.8. The summed E-state index contributed by atoms with van der Waals surface area (Å²) in [6.07, 6.45) is 1.28. The van der Waals surface area contributed by atoms with Crippen LogP contribution in [0.3, 0.4) is 0 Å². The number of hydrogen-bond acceptors (Lipinski definition) is 6. The maximum atomic E-state index is 13.1. The van der Waals surface area contributed by atoms with E-state index in [1.807, 2.05) is 0 Å². The summed E-state index contributed by atoms with van der Waals surface area (Å²) in [5.74, 6) is 0.600. The Morgan fingerprint density at radius 2 is 1.86 bits per heavy atom. The summed E-state index contributed by atoms with van der Waals surface area (Å²) in [5.41, 5.74) is 0.526. The minimum Gasteiger partial charge on any atom is -0.486 e. The van der Waals surface area contributed by atoms with Crippen LogP contribution in [0, 0.1) is 10.1 Å². The number of benzene rings is 2. The topological polar surface area (TPSA) is 120 Å². The molecule has 2 aromatic carbocycles. The fraction of sp³-hybridized carbons (Fsp3) is 0.158. The van der Waals surface area contributed by atoms with Crippen LogP contribution in [0.15, 0.2) is 54.2 Å². The van der Waals surface area contributed by atoms with Gasteiger partial charge in [-0.15, -0.1) is 0 Å². The second-order valence-corrected chi connectivity index (χ2v) is 6.15. The van der Waals surface area contributed by atoms with E-state index in [1.165, 1.54) is 24.4 Å². The lowest BCUT2D eigenvalue weighted by Gasteiger charge is -2.25. The van der Waals surface area contributed by atoms with Gasteiger partial charge in [-0.05, 0) is 24.3 Å². The van der Waals surface area contributed by atoms with Crippen LogP contribution in [0.4, 0.5) is 10.5 Å². The van der Waals surface area contributed by atoms with Crippen LogP contribution in [0.25, 0.3) is 0 Å². The predicted octanol–water partition coefficient (Wildman–Crippen LogP) is 2.49. The van der Waals surface area contributed by atoms with Gasteiger partial charge in [-0.2, -0.15) is 0 Å². The maximum absolute atomic E-state index is 13.1. The zero-order chi connectivity index (χ0) is 19.7. The average Bonchev–Trinajstić information content (AvgIpc) is 2.72. The fourth-order valence-corrected chi connectivity index (χ4v) is 3.17. The van der Waals surface area contributed by atoms with Crippen molar-refractivity contribution in [3.8, 4) is 11.5 Å². The molecule has 9 nitrogen and oxygen atoms in total. The largest absolute Gasteiger partial charge is 0.486 e. The molecule has 142 valence electrons. The van der Waals surface area contributed by atoms with Crippen molar-refractivity contribution < 1.29 is 24.0 Å². The van der Waals surface area contributed by atoms with Crippen LogP contribution in [0.2, 0.25) is 0 Å². The zero-order valence-corrected chi connectivity index (χ0v) is 14.5. The van der Waals surface area contributed by atoms with Crippen molar-refractivity contribution in [2.75, 3.05) is 13.2 Å². The molecule has 28 heavy (non-hydrogen) atoms. The van der Waals surface area contributed by atoms with E-state index in [0.717, 1.165) is 0 Å². The molecule has 9 heteroatoms. The van der Waals surface area contributed by atoms with E-state index >= 15 is 0 Å². The molecular formula is C19H15N3O6. The second kappa shape index (κ2) is 7.03. The third kappa shape index (κ3) is 3.13. The lowest BCUT2D eigenvalue weighted by molar-refractivity contribution is -0.385. The number of hydrogen-bond donors (Lipinski definition) is 2. The lowest BCUT2D eigenvalue weighted by atomic mass is 9.91. The van der Waals surface area contributed by atoms with Crippen LogP contribution in [-0.2, 0) is 0 Å². The van der Waals surface area contributed by atoms with Gasteiger partial charge in [0, 0.05) is 23.4 Å². The number of amides is 2. The second-order valence-electron chi connectivity index (χ2n) is 6.15. The Morgan fingerprint density at radius 3 is 2.64 bits per heavy atom. The summed E-state index contributed by atoms with van der Waals surface area (Å²) < 4.78 is 11.0. The van der Waals surface area contributed by atoms with Gasteiger partial charge in [0.1, 0.15) is 13.2 Å². The summed E-state index contributed by atoms with van der Waals surface area (Å²) in [7, 11) is 0. The van der Waals surface area contributed by atoms with Gasteiger partial charge in [0.25, 0.3) is 5.69 Å². The van der Waals surface area contributed by atoms with E-state index in [1.54, 1.807) is 24.3 Å². The Labute approximate surface area is 159 Å². The van der Waals surface area contributed by atoms with Crippen molar-refractivity contribution in [3.05, 3.63) is 75.5 Å². The molecule has 0 fully saturated rings. The smallest absolute Gasteiger partial charge is 0.319 e. The average molecular weight is 381 g/mol. The third-order valence-electron chi connectivity index (χ3n) is 4.46. The van der Waals surface area contributed by atoms with Gasteiger partial charge in [-0.3, -0.25) is 14.9 Å². The molecule has 2 aliphatic rings. The number of para-hydroxylation sites is 1. The molecule has 1 atom stereocenters. The summed E-state index contributed by atoms with van der Waals surface area (Å²) in [5, 5.41) is 16.4. The van der Waals surface area contributed by atoms with Crippen molar-refractivity contribution in [2.24, 2.45) is 0 Å². The Bertz CT molecular complexity index is 1020. The van der Waals surface area contributed by atoms with Gasteiger partial charge >= 0.3 is 6.03 Å². The molecular weight excluding hydrogens is 366 g/mol. The number of Topliss-reactive ketones (excluding diaryl/α,β-unsaturated/α-hetero) is 1. The van der Waals surface area contributed by atoms with Crippen molar-refractivity contribution in [1.82, 2.24) is 10.6 Å². The Balaban J connectivity index is 1.74. The first-order chi connectivity index (χ1) is 13.5. The molecule has 0 spiro atoms. The molecule has 0 aromatic heterocycles. The zero-order valence-electron chi connectivity index (χ0n) is 14.5. The van der Waals surface area contributed by atoms with Crippen LogP contribution < -0.4 is 20.1 Å². The molecule has 2 amide bonds. The molecule has 0 saturated heterocycles. The first kappa shape index (κ1) is 17.5. The van der Waals surface area contributed by atoms with E-state index in [9.17, 15) is 19.7 Å². The van der Waals surface area contributed by atoms with Gasteiger partial charge < -0.3 is 20.1 Å². The third-order valence-corrected chi connectivity index (χ3v) is 4.46. The van der Waals surface area contributed by atoms with E-state index in [2.05, 4.69) is 10.6 Å². The minimum atomic E-state index is -0.962. The molecule has 2 aliphatic heterocycles. The summed E-state index contributed by atoms with van der Waals surface area (Å²) in [6, 6.07) is 9.25. The molecule has 0 bridgehead atoms. The number of fused-ring (bicyclic) bond motifs is 1. The highest BCUT2D eigenvalue weighted by molar-refractivity contribution is 6.11. The number of ether oxygens (including phenoxy) is 2. The number of nitrogens with zero attached hydrogens (tertiary/aromatic N) is 1. The van der Waals surface area contributed by atoms with Gasteiger partial charge in [-0.25, -0.2) is 4.79 Å². The number of ketones is 1. The van der Waals surface area contributed by atoms with Crippen molar-refractivity contribution in [2.45, 2.75) is 6.04 Å². The highest BCUT2D eigenvalue weighted by Gasteiger charge is 2.33. The number of urea groups is 1. The fourth-order valence-electron chi connectivity index (χ4n) is 3.17. The number of carbonyl (C=O) groups is 2. The summed E-state index contributed by atoms with van der Waals surface area (Å²) >= 11 is 0. The van der Waals surface area contributed by atoms with Gasteiger partial charge in [0.15, 0.2) is 17.3 Å². The minimum absolute atomic E-state index is 0.172. The van der Waals surface area contributed by atoms with Crippen molar-refractivity contribution in [3.63, 3.8) is 0 Å². The number of carbonyl (C=O) groups excluding carboxylic acids is 2. The molecule has 2 N–H and O–H groups in total. The van der Waals surface area contributed by atoms with E-state index in [0.29, 0.717) is 30.3 Å². The Morgan fingerprint density at radius 1 is 1.11 bits per heavy atom. The molecule has 2 heterocycles. The molecule has 2 aromatic rings. The Kier molecular flexibility index (Phi) is 4.40. The van der Waals surface area contributed by atoms with Gasteiger partial charge in [0.05, 0.1) is 16.5 Å². The Hall–Kier alpha value is -3.88. The molecule has 0 radical (unpaired) electrons. The van der Waals surface area contributed by atoms with Crippen LogP contribution in [-0.4, -0.2) is 30.0 Å². The number of nitro groups is 1. The first-order valence-corrected chi connectivity index (χ1v) is 8.49. The van der Waals surface area contributed by atoms with E-state index < -0.39 is 22.8 Å². The van der Waals surface area contributed by atoms with Crippen molar-refractivity contribution >= 4 is 17.5 Å². The van der Waals surface area contributed by atoms with E-state index in [-0.39, 0.29) is 16.8 Å². The lowest BCUT2D eigenvalue weighted by Crippen LogP contribution is -2.42. The van der Waals surface area contributed by atoms with Crippen LogP contribution in [0.5, 0.6) is 11.5 Å². The van der Waals surface area contributed by atoms with Crippen LogP contribution in [0.1, 0.15) is 22.0 Å². The molecule has 1 unspecified atom stereocenters.